The van der Waals surface area contributed by atoms with Crippen molar-refractivity contribution in [2.75, 3.05) is 26.7 Å². The molecule has 1 saturated heterocycles. The molecule has 25 heavy (non-hydrogen) atoms. The largest absolute Gasteiger partial charge is 0.488 e. The number of aliphatic imine (C=N–C) groups is 1. The number of nitrogens with two attached hydrogens (primary N) is 2. The van der Waals surface area contributed by atoms with E-state index in [0.29, 0.717) is 30.3 Å². The van der Waals surface area contributed by atoms with Crippen molar-refractivity contribution < 1.29 is 9.53 Å². The number of amides is 1. The molecule has 0 bridgehead atoms. The fourth-order valence-corrected chi connectivity index (χ4v) is 2.84. The van der Waals surface area contributed by atoms with E-state index in [1.54, 1.807) is 13.2 Å². The first-order valence-electron chi connectivity index (χ1n) is 8.47. The molecule has 0 spiro atoms. The van der Waals surface area contributed by atoms with Gasteiger partial charge in [-0.2, -0.15) is 0 Å². The monoisotopic (exact) mass is 342 g/mol. The Morgan fingerprint density at radius 3 is 2.72 bits per heavy atom. The Morgan fingerprint density at radius 2 is 2.08 bits per heavy atom. The summed E-state index contributed by atoms with van der Waals surface area (Å²) >= 11 is 0. The minimum atomic E-state index is 0.234. The zero-order valence-electron chi connectivity index (χ0n) is 15.2. The summed E-state index contributed by atoms with van der Waals surface area (Å²) in [5.41, 5.74) is 21.2. The van der Waals surface area contributed by atoms with E-state index in [0.717, 1.165) is 42.7 Å². The Bertz CT molecular complexity index is 745. The average molecular weight is 342 g/mol. The molecule has 4 N–H and O–H groups in total. The molecule has 1 aliphatic heterocycles. The first-order valence-corrected chi connectivity index (χ1v) is 8.47. The lowest BCUT2D eigenvalue weighted by atomic mass is 9.97. The fourth-order valence-electron chi connectivity index (χ4n) is 2.84. The number of hydrogen-bond acceptors (Lipinski definition) is 4. The van der Waals surface area contributed by atoms with E-state index in [4.69, 9.17) is 16.2 Å². The molecular formula is C19H26N4O2. The molecule has 1 heterocycles. The van der Waals surface area contributed by atoms with Crippen molar-refractivity contribution in [3.8, 4) is 0 Å². The maximum Gasteiger partial charge on any atom is 0.222 e. The molecule has 2 aliphatic rings. The third-order valence-electron chi connectivity index (χ3n) is 4.43. The van der Waals surface area contributed by atoms with E-state index in [1.807, 2.05) is 18.7 Å². The lowest BCUT2D eigenvalue weighted by Crippen LogP contribution is -2.26. The molecule has 0 aromatic heterocycles. The van der Waals surface area contributed by atoms with Gasteiger partial charge in [-0.3, -0.25) is 9.79 Å². The van der Waals surface area contributed by atoms with Gasteiger partial charge in [0.2, 0.25) is 5.91 Å². The van der Waals surface area contributed by atoms with Crippen LogP contribution in [0.1, 0.15) is 33.1 Å². The van der Waals surface area contributed by atoms with Crippen molar-refractivity contribution >= 4 is 11.7 Å². The topological polar surface area (TPSA) is 93.9 Å². The maximum absolute atomic E-state index is 11.5. The van der Waals surface area contributed by atoms with Crippen LogP contribution in [-0.2, 0) is 9.53 Å². The van der Waals surface area contributed by atoms with Crippen molar-refractivity contribution in [3.63, 3.8) is 0 Å². The molecule has 0 aromatic rings. The standard InChI is InChI=1S/C19H26N4O2/c1-13-14(2)17(25-3)8-7-15(13)16(20)12-18(21)22-9-5-11-23-10-4-6-19(23)24/h12H,4-6,9-11,20H2,1-3H3,(H2,21,22)/b16-12-. The van der Waals surface area contributed by atoms with Crippen molar-refractivity contribution in [3.05, 3.63) is 45.7 Å². The highest BCUT2D eigenvalue weighted by molar-refractivity contribution is 5.92. The predicted octanol–water partition coefficient (Wildman–Crippen LogP) is 1.76. The molecule has 0 radical (unpaired) electrons. The summed E-state index contributed by atoms with van der Waals surface area (Å²) in [6.07, 6.45) is 4.05. The van der Waals surface area contributed by atoms with E-state index < -0.39 is 0 Å². The van der Waals surface area contributed by atoms with Crippen LogP contribution in [0.2, 0.25) is 0 Å². The number of amidine groups is 1. The lowest BCUT2D eigenvalue weighted by molar-refractivity contribution is -0.127. The summed E-state index contributed by atoms with van der Waals surface area (Å²) in [4.78, 5) is 17.7. The highest BCUT2D eigenvalue weighted by Crippen LogP contribution is 2.25. The summed E-state index contributed by atoms with van der Waals surface area (Å²) in [6, 6.07) is 0. The second-order valence-corrected chi connectivity index (χ2v) is 6.15. The summed E-state index contributed by atoms with van der Waals surface area (Å²) in [7, 11) is 1.60. The zero-order chi connectivity index (χ0) is 18.4. The molecule has 0 saturated carbocycles. The van der Waals surface area contributed by atoms with Gasteiger partial charge in [0.1, 0.15) is 5.84 Å². The summed E-state index contributed by atoms with van der Waals surface area (Å²) in [5.74, 6) is 1.26. The van der Waals surface area contributed by atoms with Crippen LogP contribution in [0.25, 0.3) is 0 Å². The second-order valence-electron chi connectivity index (χ2n) is 6.15. The minimum absolute atomic E-state index is 0.234. The van der Waals surface area contributed by atoms with E-state index in [1.165, 1.54) is 0 Å². The van der Waals surface area contributed by atoms with Crippen LogP contribution in [0.4, 0.5) is 0 Å². The van der Waals surface area contributed by atoms with Crippen molar-refractivity contribution in [2.45, 2.75) is 33.1 Å². The number of allylic oxidation sites excluding steroid dienone is 2. The fraction of sp³-hybridized carbons (Fsp3) is 0.474. The zero-order valence-corrected chi connectivity index (χ0v) is 15.2. The number of likely N-dealkylation sites (tertiary alicyclic amines) is 1. The molecule has 6 heteroatoms. The number of rotatable bonds is 7. The highest BCUT2D eigenvalue weighted by atomic mass is 16.5. The van der Waals surface area contributed by atoms with Gasteiger partial charge in [0, 0.05) is 37.7 Å². The van der Waals surface area contributed by atoms with E-state index in [9.17, 15) is 4.79 Å². The Balaban J connectivity index is 1.98. The van der Waals surface area contributed by atoms with Crippen LogP contribution < -0.4 is 11.5 Å². The van der Waals surface area contributed by atoms with E-state index in [2.05, 4.69) is 16.5 Å². The summed E-state index contributed by atoms with van der Waals surface area (Å²) in [6.45, 7) is 6.06. The van der Waals surface area contributed by atoms with Crippen molar-refractivity contribution in [1.82, 2.24) is 4.90 Å². The number of hydrogen-bond donors (Lipinski definition) is 2. The highest BCUT2D eigenvalue weighted by Gasteiger charge is 2.18. The summed E-state index contributed by atoms with van der Waals surface area (Å²) in [5, 5.41) is 0. The van der Waals surface area contributed by atoms with Gasteiger partial charge in [-0.1, -0.05) is 5.73 Å². The molecule has 1 fully saturated rings. The van der Waals surface area contributed by atoms with Crippen LogP contribution in [-0.4, -0.2) is 43.4 Å². The quantitative estimate of drug-likeness (QED) is 0.319. The number of carbonyl (C=O) groups is 1. The van der Waals surface area contributed by atoms with Gasteiger partial charge in [0.05, 0.1) is 18.4 Å². The van der Waals surface area contributed by atoms with Gasteiger partial charge in [-0.05, 0) is 38.0 Å². The molecule has 0 aromatic carbocycles. The molecule has 1 aliphatic carbocycles. The van der Waals surface area contributed by atoms with Crippen molar-refractivity contribution in [2.24, 2.45) is 16.5 Å². The number of carbonyl (C=O) groups excluding carboxylic acids is 1. The van der Waals surface area contributed by atoms with Crippen LogP contribution in [0, 0.1) is 0 Å². The van der Waals surface area contributed by atoms with Gasteiger partial charge in [0.15, 0.2) is 5.76 Å². The molecule has 2 rings (SSSR count). The minimum Gasteiger partial charge on any atom is -0.488 e. The van der Waals surface area contributed by atoms with Gasteiger partial charge in [0.25, 0.3) is 0 Å². The normalized spacial score (nSPS) is 18.7. The first kappa shape index (κ1) is 18.7. The smallest absolute Gasteiger partial charge is 0.222 e. The third kappa shape index (κ3) is 4.66. The van der Waals surface area contributed by atoms with Crippen LogP contribution >= 0.6 is 0 Å². The van der Waals surface area contributed by atoms with Crippen LogP contribution in [0.5, 0.6) is 0 Å². The Hall–Kier alpha value is -2.68. The molecular weight excluding hydrogens is 316 g/mol. The first-order chi connectivity index (χ1) is 11.9. The number of methoxy groups -OCH3 is 1. The molecule has 0 unspecified atom stereocenters. The predicted molar refractivity (Wildman–Crippen MR) is 98.6 cm³/mol. The van der Waals surface area contributed by atoms with Gasteiger partial charge in [-0.15, -0.1) is 0 Å². The van der Waals surface area contributed by atoms with Crippen molar-refractivity contribution in [1.29, 1.82) is 0 Å². The summed E-state index contributed by atoms with van der Waals surface area (Å²) < 4.78 is 5.23. The third-order valence-corrected chi connectivity index (χ3v) is 4.43. The van der Waals surface area contributed by atoms with Gasteiger partial charge in [-0.25, -0.2) is 0 Å². The van der Waals surface area contributed by atoms with E-state index in [-0.39, 0.29) is 5.91 Å². The molecule has 134 valence electrons. The van der Waals surface area contributed by atoms with E-state index >= 15 is 0 Å². The molecule has 6 nitrogen and oxygen atoms in total. The SMILES string of the molecule is COC1=C=C=C(/C(N)=C/C(N)=NCCCN2CCCC2=O)C(C)=C1C. The Labute approximate surface area is 148 Å². The number of nitrogens with zero attached hydrogens (tertiary/aromatic N) is 2. The lowest BCUT2D eigenvalue weighted by Gasteiger charge is -2.14. The molecule has 0 atom stereocenters. The average Bonchev–Trinajstić information content (AvgIpc) is 2.99. The maximum atomic E-state index is 11.5. The molecule has 1 amide bonds. The van der Waals surface area contributed by atoms with Gasteiger partial charge >= 0.3 is 0 Å². The Kier molecular flexibility index (Phi) is 6.29. The Morgan fingerprint density at radius 1 is 1.32 bits per heavy atom. The number of ether oxygens (including phenoxy) is 1. The van der Waals surface area contributed by atoms with Crippen LogP contribution in [0.15, 0.2) is 50.7 Å². The van der Waals surface area contributed by atoms with Gasteiger partial charge < -0.3 is 21.1 Å². The van der Waals surface area contributed by atoms with Crippen LogP contribution in [0.3, 0.4) is 0 Å². The second kappa shape index (κ2) is 8.43.